The van der Waals surface area contributed by atoms with Crippen LogP contribution in [0.1, 0.15) is 34.5 Å². The van der Waals surface area contributed by atoms with Crippen molar-refractivity contribution in [3.8, 4) is 0 Å². The van der Waals surface area contributed by atoms with Crippen molar-refractivity contribution < 1.29 is 14.7 Å². The summed E-state index contributed by atoms with van der Waals surface area (Å²) >= 11 is 0. The number of likely N-dealkylation sites (tertiary alicyclic amines) is 1. The number of amides is 1. The molecule has 0 unspecified atom stereocenters. The number of carboxylic acid groups (broad SMARTS) is 1. The van der Waals surface area contributed by atoms with Gasteiger partial charge in [-0.15, -0.1) is 0 Å². The van der Waals surface area contributed by atoms with Gasteiger partial charge in [-0.25, -0.2) is 0 Å². The normalized spacial score (nSPS) is 19.7. The molecule has 3 aromatic rings. The number of carboxylic acids is 1. The summed E-state index contributed by atoms with van der Waals surface area (Å²) in [5.74, 6) is -1.06. The third-order valence-electron chi connectivity index (χ3n) is 5.62. The lowest BCUT2D eigenvalue weighted by Gasteiger charge is -2.40. The largest absolute Gasteiger partial charge is 0.481 e. The van der Waals surface area contributed by atoms with Gasteiger partial charge in [0.2, 0.25) is 0 Å². The van der Waals surface area contributed by atoms with Crippen molar-refractivity contribution in [3.63, 3.8) is 0 Å². The highest BCUT2D eigenvalue weighted by Crippen LogP contribution is 2.35. The molecular weight excluding hydrogens is 354 g/mol. The molecule has 28 heavy (non-hydrogen) atoms. The van der Waals surface area contributed by atoms with Crippen molar-refractivity contribution in [2.24, 2.45) is 5.41 Å². The molecule has 144 valence electrons. The molecule has 0 aliphatic carbocycles. The van der Waals surface area contributed by atoms with E-state index >= 15 is 0 Å². The molecule has 2 N–H and O–H groups in total. The summed E-state index contributed by atoms with van der Waals surface area (Å²) in [5.41, 5.74) is 2.21. The van der Waals surface area contributed by atoms with E-state index in [-0.39, 0.29) is 12.5 Å². The van der Waals surface area contributed by atoms with Gasteiger partial charge >= 0.3 is 5.97 Å². The average molecular weight is 377 g/mol. The van der Waals surface area contributed by atoms with Crippen LogP contribution in [0.15, 0.2) is 48.5 Å². The van der Waals surface area contributed by atoms with Crippen LogP contribution < -0.4 is 0 Å². The summed E-state index contributed by atoms with van der Waals surface area (Å²) in [6, 6.07) is 15.4. The third-order valence-corrected chi connectivity index (χ3v) is 5.62. The second-order valence-electron chi connectivity index (χ2n) is 7.70. The Hall–Kier alpha value is -3.15. The number of H-pyrrole nitrogens is 1. The number of benzene rings is 2. The predicted molar refractivity (Wildman–Crippen MR) is 106 cm³/mol. The lowest BCUT2D eigenvalue weighted by molar-refractivity contribution is -0.151. The van der Waals surface area contributed by atoms with Crippen molar-refractivity contribution in [2.75, 3.05) is 13.1 Å². The number of piperidine rings is 1. The highest BCUT2D eigenvalue weighted by atomic mass is 16.4. The standard InChI is InChI=1S/C22H23N3O3/c1-15-8-9-18-17(12-15)19(24-23-18)20(26)25-11-5-10-22(14-25,21(27)28)13-16-6-3-2-4-7-16/h2-4,6-9,12H,5,10-11,13-14H2,1H3,(H,23,24)(H,27,28)/t22-/m1/s1. The van der Waals surface area contributed by atoms with Gasteiger partial charge in [0, 0.05) is 18.5 Å². The Labute approximate surface area is 163 Å². The van der Waals surface area contributed by atoms with Crippen molar-refractivity contribution in [1.29, 1.82) is 0 Å². The number of aromatic amines is 1. The monoisotopic (exact) mass is 377 g/mol. The zero-order valence-corrected chi connectivity index (χ0v) is 15.8. The lowest BCUT2D eigenvalue weighted by Crippen LogP contribution is -2.51. The van der Waals surface area contributed by atoms with Crippen molar-refractivity contribution in [3.05, 3.63) is 65.4 Å². The highest BCUT2D eigenvalue weighted by Gasteiger charge is 2.44. The molecule has 1 aliphatic rings. The summed E-state index contributed by atoms with van der Waals surface area (Å²) in [4.78, 5) is 27.1. The first-order valence-corrected chi connectivity index (χ1v) is 9.50. The number of carbonyl (C=O) groups is 2. The number of aliphatic carboxylic acids is 1. The first-order chi connectivity index (χ1) is 13.5. The van der Waals surface area contributed by atoms with Crippen LogP contribution in [0.3, 0.4) is 0 Å². The number of fused-ring (bicyclic) bond motifs is 1. The number of carbonyl (C=O) groups excluding carboxylic acids is 1. The van der Waals surface area contributed by atoms with Gasteiger partial charge in [-0.3, -0.25) is 14.7 Å². The minimum atomic E-state index is -0.975. The zero-order chi connectivity index (χ0) is 19.7. The highest BCUT2D eigenvalue weighted by molar-refractivity contribution is 6.05. The Morgan fingerprint density at radius 1 is 1.21 bits per heavy atom. The van der Waals surface area contributed by atoms with E-state index in [0.29, 0.717) is 31.5 Å². The van der Waals surface area contributed by atoms with E-state index in [1.165, 1.54) is 0 Å². The van der Waals surface area contributed by atoms with Crippen LogP contribution >= 0.6 is 0 Å². The minimum absolute atomic E-state index is 0.191. The quantitative estimate of drug-likeness (QED) is 0.729. The maximum Gasteiger partial charge on any atom is 0.311 e. The SMILES string of the molecule is Cc1ccc2[nH]nc(C(=O)N3CCC[C@](Cc4ccccc4)(C(=O)O)C3)c2c1. The number of nitrogens with one attached hydrogen (secondary N) is 1. The van der Waals surface area contributed by atoms with E-state index < -0.39 is 11.4 Å². The van der Waals surface area contributed by atoms with Gasteiger partial charge < -0.3 is 10.0 Å². The van der Waals surface area contributed by atoms with E-state index in [1.807, 2.05) is 55.5 Å². The fraction of sp³-hybridized carbons (Fsp3) is 0.318. The Balaban J connectivity index is 1.63. The molecule has 0 spiro atoms. The molecule has 1 atom stereocenters. The van der Waals surface area contributed by atoms with E-state index in [4.69, 9.17) is 0 Å². The predicted octanol–water partition coefficient (Wildman–Crippen LogP) is 3.42. The lowest BCUT2D eigenvalue weighted by atomic mass is 9.75. The van der Waals surface area contributed by atoms with Crippen molar-refractivity contribution in [2.45, 2.75) is 26.2 Å². The maximum absolute atomic E-state index is 13.2. The van der Waals surface area contributed by atoms with Crippen LogP contribution in [0.5, 0.6) is 0 Å². The smallest absolute Gasteiger partial charge is 0.311 e. The molecule has 1 aromatic heterocycles. The number of aryl methyl sites for hydroxylation is 1. The van der Waals surface area contributed by atoms with E-state index in [2.05, 4.69) is 10.2 Å². The molecule has 1 saturated heterocycles. The number of hydrogen-bond donors (Lipinski definition) is 2. The molecule has 0 bridgehead atoms. The molecule has 0 radical (unpaired) electrons. The molecular formula is C22H23N3O3. The van der Waals surface area contributed by atoms with E-state index in [1.54, 1.807) is 4.90 Å². The molecule has 2 heterocycles. The number of aromatic nitrogens is 2. The summed E-state index contributed by atoms with van der Waals surface area (Å²) in [7, 11) is 0. The molecule has 0 saturated carbocycles. The number of nitrogens with zero attached hydrogens (tertiary/aromatic N) is 2. The Kier molecular flexibility index (Phi) is 4.63. The molecule has 1 aliphatic heterocycles. The molecule has 6 heteroatoms. The van der Waals surface area contributed by atoms with Gasteiger partial charge in [0.25, 0.3) is 5.91 Å². The van der Waals surface area contributed by atoms with Crippen LogP contribution in [-0.2, 0) is 11.2 Å². The minimum Gasteiger partial charge on any atom is -0.481 e. The van der Waals surface area contributed by atoms with Gasteiger partial charge in [0.05, 0.1) is 10.9 Å². The van der Waals surface area contributed by atoms with Gasteiger partial charge in [-0.2, -0.15) is 5.10 Å². The van der Waals surface area contributed by atoms with Crippen LogP contribution in [0.4, 0.5) is 0 Å². The first kappa shape index (κ1) is 18.2. The summed E-state index contributed by atoms with van der Waals surface area (Å²) in [6.45, 7) is 2.70. The summed E-state index contributed by atoms with van der Waals surface area (Å²) < 4.78 is 0. The molecule has 1 fully saturated rings. The van der Waals surface area contributed by atoms with Crippen LogP contribution in [-0.4, -0.2) is 45.2 Å². The molecule has 4 rings (SSSR count). The molecule has 1 amide bonds. The Morgan fingerprint density at radius 2 is 2.00 bits per heavy atom. The fourth-order valence-corrected chi connectivity index (χ4v) is 4.13. The molecule has 6 nitrogen and oxygen atoms in total. The van der Waals surface area contributed by atoms with Crippen LogP contribution in [0, 0.1) is 12.3 Å². The summed E-state index contributed by atoms with van der Waals surface area (Å²) in [5, 5.41) is 17.9. The molecule has 2 aromatic carbocycles. The van der Waals surface area contributed by atoms with E-state index in [9.17, 15) is 14.7 Å². The van der Waals surface area contributed by atoms with Gasteiger partial charge in [0.1, 0.15) is 0 Å². The second kappa shape index (κ2) is 7.11. The van der Waals surface area contributed by atoms with Crippen LogP contribution in [0.25, 0.3) is 10.9 Å². The maximum atomic E-state index is 13.2. The second-order valence-corrected chi connectivity index (χ2v) is 7.70. The third kappa shape index (κ3) is 3.26. The number of hydrogen-bond acceptors (Lipinski definition) is 3. The Bertz CT molecular complexity index is 1030. The van der Waals surface area contributed by atoms with Crippen molar-refractivity contribution >= 4 is 22.8 Å². The first-order valence-electron chi connectivity index (χ1n) is 9.50. The zero-order valence-electron chi connectivity index (χ0n) is 15.8. The van der Waals surface area contributed by atoms with Gasteiger partial charge in [-0.05, 0) is 43.9 Å². The van der Waals surface area contributed by atoms with Crippen molar-refractivity contribution in [1.82, 2.24) is 15.1 Å². The topological polar surface area (TPSA) is 86.3 Å². The van der Waals surface area contributed by atoms with Gasteiger partial charge in [-0.1, -0.05) is 42.0 Å². The van der Waals surface area contributed by atoms with Gasteiger partial charge in [0.15, 0.2) is 5.69 Å². The average Bonchev–Trinajstić information content (AvgIpc) is 3.11. The number of rotatable bonds is 4. The van der Waals surface area contributed by atoms with Crippen LogP contribution in [0.2, 0.25) is 0 Å². The Morgan fingerprint density at radius 3 is 2.75 bits per heavy atom. The van der Waals surface area contributed by atoms with E-state index in [0.717, 1.165) is 22.0 Å². The summed E-state index contributed by atoms with van der Waals surface area (Å²) in [6.07, 6.45) is 1.63. The fourth-order valence-electron chi connectivity index (χ4n) is 4.13.